The zero-order chi connectivity index (χ0) is 10.0. The third-order valence-corrected chi connectivity index (χ3v) is 2.33. The Bertz CT molecular complexity index is 190. The van der Waals surface area contributed by atoms with E-state index >= 15 is 0 Å². The predicted molar refractivity (Wildman–Crippen MR) is 50.0 cm³/mol. The molecular formula is C9H18N2O2. The molecule has 0 saturated heterocycles. The van der Waals surface area contributed by atoms with E-state index in [1.54, 1.807) is 0 Å². The molecule has 4 nitrogen and oxygen atoms in total. The first kappa shape index (κ1) is 10.5. The molecule has 2 unspecified atom stereocenters. The molecule has 1 fully saturated rings. The molecule has 0 aromatic heterocycles. The molecule has 76 valence electrons. The first-order valence-electron chi connectivity index (χ1n) is 4.76. The highest BCUT2D eigenvalue weighted by atomic mass is 16.3. The van der Waals surface area contributed by atoms with Gasteiger partial charge in [-0.05, 0) is 18.8 Å². The van der Waals surface area contributed by atoms with Gasteiger partial charge in [-0.3, -0.25) is 4.79 Å². The van der Waals surface area contributed by atoms with E-state index in [0.717, 1.165) is 12.8 Å². The zero-order valence-electron chi connectivity index (χ0n) is 8.16. The Hall–Kier alpha value is -0.610. The third kappa shape index (κ3) is 2.97. The van der Waals surface area contributed by atoms with E-state index in [1.165, 1.54) is 0 Å². The number of carbonyl (C=O) groups excluding carboxylic acids is 1. The van der Waals surface area contributed by atoms with E-state index in [1.807, 2.05) is 13.8 Å². The van der Waals surface area contributed by atoms with Crippen molar-refractivity contribution in [3.8, 4) is 0 Å². The molecule has 4 N–H and O–H groups in total. The smallest absolute Gasteiger partial charge is 0.250 e. The van der Waals surface area contributed by atoms with Crippen LogP contribution in [0.1, 0.15) is 26.7 Å². The Morgan fingerprint density at radius 2 is 2.08 bits per heavy atom. The van der Waals surface area contributed by atoms with Crippen molar-refractivity contribution in [3.63, 3.8) is 0 Å². The molecule has 1 rings (SSSR count). The van der Waals surface area contributed by atoms with Crippen LogP contribution in [0.3, 0.4) is 0 Å². The summed E-state index contributed by atoms with van der Waals surface area (Å²) in [6.45, 7) is 3.77. The van der Waals surface area contributed by atoms with Crippen molar-refractivity contribution in [3.05, 3.63) is 0 Å². The Kier molecular flexibility index (Phi) is 3.27. The van der Waals surface area contributed by atoms with Crippen LogP contribution in [0.4, 0.5) is 0 Å². The maximum atomic E-state index is 11.3. The van der Waals surface area contributed by atoms with Gasteiger partial charge < -0.3 is 16.2 Å². The first-order valence-corrected chi connectivity index (χ1v) is 4.76. The number of aliphatic hydroxyl groups is 1. The highest BCUT2D eigenvalue weighted by Gasteiger charge is 2.30. The molecule has 0 aliphatic heterocycles. The van der Waals surface area contributed by atoms with Gasteiger partial charge in [-0.15, -0.1) is 0 Å². The Morgan fingerprint density at radius 1 is 1.54 bits per heavy atom. The zero-order valence-corrected chi connectivity index (χ0v) is 8.16. The average molecular weight is 186 g/mol. The van der Waals surface area contributed by atoms with Crippen molar-refractivity contribution in [1.82, 2.24) is 5.32 Å². The van der Waals surface area contributed by atoms with E-state index in [4.69, 9.17) is 5.73 Å². The fourth-order valence-electron chi connectivity index (χ4n) is 1.05. The van der Waals surface area contributed by atoms with Crippen LogP contribution in [0.5, 0.6) is 0 Å². The summed E-state index contributed by atoms with van der Waals surface area (Å²) in [4.78, 5) is 11.3. The van der Waals surface area contributed by atoms with Crippen molar-refractivity contribution in [2.24, 2.45) is 11.7 Å². The summed E-state index contributed by atoms with van der Waals surface area (Å²) in [6, 6.07) is -0.194. The van der Waals surface area contributed by atoms with Gasteiger partial charge in [-0.2, -0.15) is 0 Å². The van der Waals surface area contributed by atoms with Crippen LogP contribution in [-0.2, 0) is 4.79 Å². The van der Waals surface area contributed by atoms with Gasteiger partial charge in [0.1, 0.15) is 6.10 Å². The molecule has 1 aliphatic rings. The second kappa shape index (κ2) is 4.07. The van der Waals surface area contributed by atoms with Crippen LogP contribution < -0.4 is 11.1 Å². The van der Waals surface area contributed by atoms with Gasteiger partial charge in [-0.1, -0.05) is 13.8 Å². The summed E-state index contributed by atoms with van der Waals surface area (Å²) >= 11 is 0. The van der Waals surface area contributed by atoms with E-state index in [9.17, 15) is 9.90 Å². The number of nitrogens with two attached hydrogens (primary N) is 1. The van der Waals surface area contributed by atoms with Crippen LogP contribution in [0.2, 0.25) is 0 Å². The Morgan fingerprint density at radius 3 is 2.46 bits per heavy atom. The van der Waals surface area contributed by atoms with E-state index in [0.29, 0.717) is 0 Å². The second-order valence-corrected chi connectivity index (χ2v) is 4.05. The molecule has 2 atom stereocenters. The minimum absolute atomic E-state index is 0.111. The Labute approximate surface area is 78.5 Å². The van der Waals surface area contributed by atoms with Gasteiger partial charge in [-0.25, -0.2) is 0 Å². The Balaban J connectivity index is 2.35. The summed E-state index contributed by atoms with van der Waals surface area (Å²) in [5, 5.41) is 12.2. The van der Waals surface area contributed by atoms with Crippen LogP contribution in [-0.4, -0.2) is 29.2 Å². The van der Waals surface area contributed by atoms with Crippen molar-refractivity contribution in [1.29, 1.82) is 0 Å². The lowest BCUT2D eigenvalue weighted by Gasteiger charge is -2.21. The van der Waals surface area contributed by atoms with Crippen molar-refractivity contribution in [2.45, 2.75) is 44.9 Å². The average Bonchev–Trinajstić information content (AvgIpc) is 2.85. The number of nitrogens with one attached hydrogen (secondary N) is 1. The highest BCUT2D eigenvalue weighted by molar-refractivity contribution is 5.81. The summed E-state index contributed by atoms with van der Waals surface area (Å²) in [7, 11) is 0. The molecule has 4 heteroatoms. The van der Waals surface area contributed by atoms with Crippen molar-refractivity contribution in [2.75, 3.05) is 0 Å². The van der Waals surface area contributed by atoms with Crippen LogP contribution in [0, 0.1) is 5.92 Å². The molecule has 0 aromatic rings. The van der Waals surface area contributed by atoms with Gasteiger partial charge in [0, 0.05) is 12.1 Å². The topological polar surface area (TPSA) is 75.3 Å². The normalized spacial score (nSPS) is 21.3. The van der Waals surface area contributed by atoms with Crippen molar-refractivity contribution >= 4 is 5.91 Å². The number of rotatable bonds is 4. The van der Waals surface area contributed by atoms with E-state index < -0.39 is 12.1 Å². The monoisotopic (exact) mass is 186 g/mol. The summed E-state index contributed by atoms with van der Waals surface area (Å²) in [5.41, 5.74) is 5.65. The van der Waals surface area contributed by atoms with E-state index in [-0.39, 0.29) is 17.9 Å². The number of aliphatic hydroxyl groups excluding tert-OH is 1. The lowest BCUT2D eigenvalue weighted by Crippen LogP contribution is -2.49. The third-order valence-electron chi connectivity index (χ3n) is 2.33. The van der Waals surface area contributed by atoms with Gasteiger partial charge in [0.2, 0.25) is 0 Å². The summed E-state index contributed by atoms with van der Waals surface area (Å²) in [6.07, 6.45) is 0.977. The van der Waals surface area contributed by atoms with Crippen LogP contribution in [0.25, 0.3) is 0 Å². The number of amides is 1. The van der Waals surface area contributed by atoms with Gasteiger partial charge in [0.15, 0.2) is 0 Å². The molecule has 1 amide bonds. The fraction of sp³-hybridized carbons (Fsp3) is 0.889. The highest BCUT2D eigenvalue weighted by Crippen LogP contribution is 2.19. The maximum absolute atomic E-state index is 11.3. The molecule has 0 heterocycles. The van der Waals surface area contributed by atoms with E-state index in [2.05, 4.69) is 5.32 Å². The molecule has 1 aliphatic carbocycles. The van der Waals surface area contributed by atoms with Gasteiger partial charge in [0.05, 0.1) is 0 Å². The van der Waals surface area contributed by atoms with Crippen molar-refractivity contribution < 1.29 is 9.90 Å². The molecule has 1 saturated carbocycles. The van der Waals surface area contributed by atoms with Crippen LogP contribution in [0.15, 0.2) is 0 Å². The van der Waals surface area contributed by atoms with Crippen LogP contribution >= 0.6 is 0 Å². The molecule has 0 bridgehead atoms. The maximum Gasteiger partial charge on any atom is 0.250 e. The quantitative estimate of drug-likeness (QED) is 0.559. The molecular weight excluding hydrogens is 168 g/mol. The minimum atomic E-state index is -1.07. The molecule has 0 aromatic carbocycles. The SMILES string of the molecule is CC(C)C(N)C(O)C(=O)NC1CC1. The number of hydrogen-bond donors (Lipinski definition) is 3. The first-order chi connectivity index (χ1) is 6.02. The standard InChI is InChI=1S/C9H18N2O2/c1-5(2)7(10)8(12)9(13)11-6-3-4-6/h5-8,12H,3-4,10H2,1-2H3,(H,11,13). The summed E-state index contributed by atoms with van der Waals surface area (Å²) < 4.78 is 0. The predicted octanol–water partition coefficient (Wildman–Crippen LogP) is -0.391. The van der Waals surface area contributed by atoms with Gasteiger partial charge >= 0.3 is 0 Å². The fourth-order valence-corrected chi connectivity index (χ4v) is 1.05. The minimum Gasteiger partial charge on any atom is -0.382 e. The molecule has 13 heavy (non-hydrogen) atoms. The number of hydrogen-bond acceptors (Lipinski definition) is 3. The largest absolute Gasteiger partial charge is 0.382 e. The summed E-state index contributed by atoms with van der Waals surface area (Å²) in [5.74, 6) is -0.219. The van der Waals surface area contributed by atoms with Gasteiger partial charge in [0.25, 0.3) is 5.91 Å². The number of carbonyl (C=O) groups is 1. The second-order valence-electron chi connectivity index (χ2n) is 4.05. The molecule has 0 radical (unpaired) electrons. The molecule has 0 spiro atoms. The lowest BCUT2D eigenvalue weighted by atomic mass is 9.99. The lowest BCUT2D eigenvalue weighted by molar-refractivity contribution is -0.131.